The molecule has 4 nitrogen and oxygen atoms in total. The molecule has 0 bridgehead atoms. The van der Waals surface area contributed by atoms with E-state index >= 15 is 0 Å². The number of likely N-dealkylation sites (N-methyl/N-ethyl adjacent to an activating group) is 1. The maximum Gasteiger partial charge on any atom is 0.247 e. The highest BCUT2D eigenvalue weighted by Crippen LogP contribution is 2.21. The highest BCUT2D eigenvalue weighted by Gasteiger charge is 2.40. The Labute approximate surface area is 90.2 Å². The molecule has 15 heavy (non-hydrogen) atoms. The van der Waals surface area contributed by atoms with Crippen molar-refractivity contribution in [2.24, 2.45) is 0 Å². The Morgan fingerprint density at radius 1 is 1.20 bits per heavy atom. The van der Waals surface area contributed by atoms with Crippen molar-refractivity contribution in [2.45, 2.75) is 38.6 Å². The predicted octanol–water partition coefficient (Wildman–Crippen LogP) is 0.620. The molecule has 84 valence electrons. The minimum atomic E-state index is -0.155. The van der Waals surface area contributed by atoms with Gasteiger partial charge in [-0.1, -0.05) is 6.42 Å². The van der Waals surface area contributed by atoms with Crippen LogP contribution in [0.3, 0.4) is 0 Å². The molecule has 2 heterocycles. The summed E-state index contributed by atoms with van der Waals surface area (Å²) in [6, 6.07) is -0.155. The van der Waals surface area contributed by atoms with Crippen molar-refractivity contribution in [3.63, 3.8) is 0 Å². The maximum absolute atomic E-state index is 11.9. The Bertz CT molecular complexity index is 272. The second-order valence-corrected chi connectivity index (χ2v) is 4.29. The fourth-order valence-corrected chi connectivity index (χ4v) is 2.51. The zero-order chi connectivity index (χ0) is 10.8. The summed E-state index contributed by atoms with van der Waals surface area (Å²) < 4.78 is 0. The second-order valence-electron chi connectivity index (χ2n) is 4.29. The first-order valence-corrected chi connectivity index (χ1v) is 5.82. The minimum Gasteiger partial charge on any atom is -0.292 e. The van der Waals surface area contributed by atoms with Crippen molar-refractivity contribution in [3.05, 3.63) is 0 Å². The zero-order valence-electron chi connectivity index (χ0n) is 9.24. The van der Waals surface area contributed by atoms with Crippen LogP contribution in [0.25, 0.3) is 0 Å². The van der Waals surface area contributed by atoms with Gasteiger partial charge in [0.1, 0.15) is 0 Å². The van der Waals surface area contributed by atoms with E-state index in [0.717, 1.165) is 25.9 Å². The van der Waals surface area contributed by atoms with Crippen molar-refractivity contribution in [2.75, 3.05) is 19.6 Å². The van der Waals surface area contributed by atoms with Gasteiger partial charge in [-0.15, -0.1) is 0 Å². The molecule has 2 saturated heterocycles. The molecule has 0 N–H and O–H groups in total. The Morgan fingerprint density at radius 2 is 1.87 bits per heavy atom. The summed E-state index contributed by atoms with van der Waals surface area (Å²) in [7, 11) is 0. The third-order valence-corrected chi connectivity index (χ3v) is 3.37. The van der Waals surface area contributed by atoms with Gasteiger partial charge in [0.25, 0.3) is 0 Å². The summed E-state index contributed by atoms with van der Waals surface area (Å²) in [4.78, 5) is 27.0. The summed E-state index contributed by atoms with van der Waals surface area (Å²) in [6.45, 7) is 4.32. The van der Waals surface area contributed by atoms with Gasteiger partial charge in [-0.3, -0.25) is 19.4 Å². The van der Waals surface area contributed by atoms with Crippen LogP contribution in [0.2, 0.25) is 0 Å². The van der Waals surface area contributed by atoms with Crippen LogP contribution in [-0.4, -0.2) is 47.3 Å². The lowest BCUT2D eigenvalue weighted by Gasteiger charge is -2.30. The molecule has 1 unspecified atom stereocenters. The van der Waals surface area contributed by atoms with Crippen LogP contribution in [0, 0.1) is 0 Å². The number of carbonyl (C=O) groups excluding carboxylic acids is 2. The molecule has 2 rings (SSSR count). The molecular weight excluding hydrogens is 192 g/mol. The number of hydrogen-bond donors (Lipinski definition) is 0. The highest BCUT2D eigenvalue weighted by atomic mass is 16.2. The van der Waals surface area contributed by atoms with Crippen molar-refractivity contribution < 1.29 is 9.59 Å². The Hall–Kier alpha value is -0.900. The van der Waals surface area contributed by atoms with E-state index in [0.29, 0.717) is 13.0 Å². The van der Waals surface area contributed by atoms with E-state index in [9.17, 15) is 9.59 Å². The fourth-order valence-electron chi connectivity index (χ4n) is 2.51. The van der Waals surface area contributed by atoms with Crippen molar-refractivity contribution in [1.29, 1.82) is 0 Å². The number of likely N-dealkylation sites (tertiary alicyclic amines) is 2. The first-order valence-electron chi connectivity index (χ1n) is 5.82. The first-order chi connectivity index (χ1) is 7.24. The standard InChI is InChI=1S/C11H18N2O2/c1-2-13-10(14)8-9(11(13)15)12-6-4-3-5-7-12/h9H,2-8H2,1H3. The molecule has 0 aromatic carbocycles. The van der Waals surface area contributed by atoms with Crippen LogP contribution in [0.4, 0.5) is 0 Å². The highest BCUT2D eigenvalue weighted by molar-refractivity contribution is 6.05. The summed E-state index contributed by atoms with van der Waals surface area (Å²) in [5.41, 5.74) is 0. The van der Waals surface area contributed by atoms with Gasteiger partial charge in [0.05, 0.1) is 12.5 Å². The van der Waals surface area contributed by atoms with Crippen molar-refractivity contribution in [3.8, 4) is 0 Å². The smallest absolute Gasteiger partial charge is 0.247 e. The topological polar surface area (TPSA) is 40.6 Å². The summed E-state index contributed by atoms with van der Waals surface area (Å²) in [5.74, 6) is 0.0162. The lowest BCUT2D eigenvalue weighted by molar-refractivity contribution is -0.139. The van der Waals surface area contributed by atoms with Crippen LogP contribution in [0.15, 0.2) is 0 Å². The molecular formula is C11H18N2O2. The largest absolute Gasteiger partial charge is 0.292 e. The Balaban J connectivity index is 2.04. The van der Waals surface area contributed by atoms with Crippen LogP contribution < -0.4 is 0 Å². The van der Waals surface area contributed by atoms with Gasteiger partial charge in [-0.2, -0.15) is 0 Å². The molecule has 0 spiro atoms. The van der Waals surface area contributed by atoms with Crippen molar-refractivity contribution in [1.82, 2.24) is 9.80 Å². The van der Waals surface area contributed by atoms with Gasteiger partial charge in [-0.05, 0) is 32.9 Å². The van der Waals surface area contributed by atoms with E-state index in [4.69, 9.17) is 0 Å². The fraction of sp³-hybridized carbons (Fsp3) is 0.818. The van der Waals surface area contributed by atoms with Gasteiger partial charge in [0.15, 0.2) is 0 Å². The van der Waals surface area contributed by atoms with Gasteiger partial charge < -0.3 is 0 Å². The molecule has 4 heteroatoms. The second kappa shape index (κ2) is 4.31. The molecule has 1 atom stereocenters. The lowest BCUT2D eigenvalue weighted by Crippen LogP contribution is -2.44. The summed E-state index contributed by atoms with van der Waals surface area (Å²) >= 11 is 0. The lowest BCUT2D eigenvalue weighted by atomic mass is 10.1. The number of rotatable bonds is 2. The SMILES string of the molecule is CCN1C(=O)CC(N2CCCCC2)C1=O. The number of amides is 2. The molecule has 0 radical (unpaired) electrons. The Morgan fingerprint density at radius 3 is 2.40 bits per heavy atom. The summed E-state index contributed by atoms with van der Waals surface area (Å²) in [6.07, 6.45) is 3.96. The van der Waals surface area contributed by atoms with Crippen LogP contribution >= 0.6 is 0 Å². The molecule has 2 amide bonds. The van der Waals surface area contributed by atoms with Crippen LogP contribution in [0.5, 0.6) is 0 Å². The zero-order valence-corrected chi connectivity index (χ0v) is 9.24. The normalized spacial score (nSPS) is 28.9. The van der Waals surface area contributed by atoms with Crippen molar-refractivity contribution >= 4 is 11.8 Å². The third-order valence-electron chi connectivity index (χ3n) is 3.37. The molecule has 0 aliphatic carbocycles. The number of nitrogens with zero attached hydrogens (tertiary/aromatic N) is 2. The van der Waals surface area contributed by atoms with Crippen LogP contribution in [-0.2, 0) is 9.59 Å². The molecule has 2 fully saturated rings. The average Bonchev–Trinajstić information content (AvgIpc) is 2.55. The summed E-state index contributed by atoms with van der Waals surface area (Å²) in [5, 5.41) is 0. The number of piperidine rings is 1. The van der Waals surface area contributed by atoms with Gasteiger partial charge in [0.2, 0.25) is 11.8 Å². The van der Waals surface area contributed by atoms with Crippen LogP contribution in [0.1, 0.15) is 32.6 Å². The van der Waals surface area contributed by atoms with E-state index in [1.165, 1.54) is 11.3 Å². The average molecular weight is 210 g/mol. The number of imide groups is 1. The molecule has 0 saturated carbocycles. The Kier molecular flexibility index (Phi) is 3.05. The monoisotopic (exact) mass is 210 g/mol. The van der Waals surface area contributed by atoms with E-state index in [1.54, 1.807) is 0 Å². The number of hydrogen-bond acceptors (Lipinski definition) is 3. The van der Waals surface area contributed by atoms with E-state index < -0.39 is 0 Å². The molecule has 2 aliphatic rings. The van der Waals surface area contributed by atoms with E-state index in [2.05, 4.69) is 4.90 Å². The van der Waals surface area contributed by atoms with E-state index in [-0.39, 0.29) is 17.9 Å². The quantitative estimate of drug-likeness (QED) is 0.627. The van der Waals surface area contributed by atoms with Gasteiger partial charge in [-0.25, -0.2) is 0 Å². The molecule has 0 aromatic rings. The van der Waals surface area contributed by atoms with E-state index in [1.807, 2.05) is 6.92 Å². The van der Waals surface area contributed by atoms with Gasteiger partial charge in [0, 0.05) is 6.54 Å². The third kappa shape index (κ3) is 1.91. The number of carbonyl (C=O) groups is 2. The first kappa shape index (κ1) is 10.6. The minimum absolute atomic E-state index is 0.00178. The predicted molar refractivity (Wildman–Crippen MR) is 56.2 cm³/mol. The maximum atomic E-state index is 11.9. The molecule has 0 aromatic heterocycles. The molecule has 2 aliphatic heterocycles. The van der Waals surface area contributed by atoms with Gasteiger partial charge >= 0.3 is 0 Å².